The van der Waals surface area contributed by atoms with Gasteiger partial charge in [-0.2, -0.15) is 0 Å². The van der Waals surface area contributed by atoms with Gasteiger partial charge in [0.15, 0.2) is 0 Å². The quantitative estimate of drug-likeness (QED) is 0.843. The Labute approximate surface area is 149 Å². The van der Waals surface area contributed by atoms with Crippen molar-refractivity contribution in [1.82, 2.24) is 0 Å². The lowest BCUT2D eigenvalue weighted by molar-refractivity contribution is 0.102. The standard InChI is InChI=1S/C17H17BrN2O3S/c1-12-6-7-15(20-8-3-9-24(20,22)23)11-16(12)19-17(21)13-4-2-5-14(18)10-13/h2,4-7,10-11H,3,8-9H2,1H3,(H,19,21). The van der Waals surface area contributed by atoms with Crippen LogP contribution in [0.1, 0.15) is 22.3 Å². The first-order valence-electron chi connectivity index (χ1n) is 7.55. The van der Waals surface area contributed by atoms with Crippen molar-refractivity contribution in [3.05, 3.63) is 58.1 Å². The summed E-state index contributed by atoms with van der Waals surface area (Å²) in [5, 5.41) is 2.86. The summed E-state index contributed by atoms with van der Waals surface area (Å²) in [7, 11) is -3.24. The third kappa shape index (κ3) is 3.47. The second-order valence-corrected chi connectivity index (χ2v) is 8.63. The number of halogens is 1. The van der Waals surface area contributed by atoms with Gasteiger partial charge in [-0.05, 0) is 49.2 Å². The molecule has 1 N–H and O–H groups in total. The van der Waals surface area contributed by atoms with Gasteiger partial charge in [0.2, 0.25) is 10.0 Å². The number of nitrogens with one attached hydrogen (secondary N) is 1. The lowest BCUT2D eigenvalue weighted by Gasteiger charge is -2.19. The van der Waals surface area contributed by atoms with Gasteiger partial charge in [0.1, 0.15) is 0 Å². The third-order valence-electron chi connectivity index (χ3n) is 3.94. The summed E-state index contributed by atoms with van der Waals surface area (Å²) in [6.45, 7) is 2.35. The van der Waals surface area contributed by atoms with Crippen LogP contribution in [0.25, 0.3) is 0 Å². The Kier molecular flexibility index (Phi) is 4.64. The van der Waals surface area contributed by atoms with Gasteiger partial charge < -0.3 is 5.32 Å². The molecule has 1 aliphatic heterocycles. The molecule has 1 fully saturated rings. The van der Waals surface area contributed by atoms with Gasteiger partial charge in [0.05, 0.1) is 11.4 Å². The Morgan fingerprint density at radius 3 is 2.67 bits per heavy atom. The molecule has 0 aliphatic carbocycles. The number of nitrogens with zero attached hydrogens (tertiary/aromatic N) is 1. The molecule has 1 saturated heterocycles. The van der Waals surface area contributed by atoms with Gasteiger partial charge in [0, 0.05) is 22.3 Å². The number of rotatable bonds is 3. The second kappa shape index (κ2) is 6.57. The van der Waals surface area contributed by atoms with E-state index in [1.54, 1.807) is 30.3 Å². The van der Waals surface area contributed by atoms with Crippen molar-refractivity contribution in [2.75, 3.05) is 21.9 Å². The molecule has 5 nitrogen and oxygen atoms in total. The van der Waals surface area contributed by atoms with Gasteiger partial charge in [-0.1, -0.05) is 28.1 Å². The monoisotopic (exact) mass is 408 g/mol. The molecule has 0 unspecified atom stereocenters. The predicted octanol–water partition coefficient (Wildman–Crippen LogP) is 3.55. The van der Waals surface area contributed by atoms with Crippen LogP contribution in [0.5, 0.6) is 0 Å². The average molecular weight is 409 g/mol. The minimum atomic E-state index is -3.24. The summed E-state index contributed by atoms with van der Waals surface area (Å²) >= 11 is 3.35. The number of sulfonamides is 1. The molecule has 1 amide bonds. The Bertz CT molecular complexity index is 896. The van der Waals surface area contributed by atoms with Crippen molar-refractivity contribution in [3.63, 3.8) is 0 Å². The number of aryl methyl sites for hydroxylation is 1. The van der Waals surface area contributed by atoms with Gasteiger partial charge >= 0.3 is 0 Å². The van der Waals surface area contributed by atoms with E-state index in [2.05, 4.69) is 21.2 Å². The van der Waals surface area contributed by atoms with Gasteiger partial charge in [-0.3, -0.25) is 9.10 Å². The molecule has 0 atom stereocenters. The lowest BCUT2D eigenvalue weighted by Crippen LogP contribution is -2.25. The molecule has 2 aromatic carbocycles. The van der Waals surface area contributed by atoms with Crippen LogP contribution >= 0.6 is 15.9 Å². The van der Waals surface area contributed by atoms with E-state index in [0.29, 0.717) is 29.9 Å². The fourth-order valence-corrected chi connectivity index (χ4v) is 4.61. The molecule has 0 radical (unpaired) electrons. The number of carbonyl (C=O) groups excluding carboxylic acids is 1. The molecule has 1 aliphatic rings. The van der Waals surface area contributed by atoms with E-state index in [1.807, 2.05) is 19.1 Å². The largest absolute Gasteiger partial charge is 0.322 e. The minimum absolute atomic E-state index is 0.167. The van der Waals surface area contributed by atoms with Crippen LogP contribution in [-0.4, -0.2) is 26.6 Å². The number of benzene rings is 2. The highest BCUT2D eigenvalue weighted by Gasteiger charge is 2.28. The molecule has 0 aromatic heterocycles. The minimum Gasteiger partial charge on any atom is -0.322 e. The Hall–Kier alpha value is -1.86. The van der Waals surface area contributed by atoms with E-state index in [1.165, 1.54) is 4.31 Å². The molecule has 0 spiro atoms. The highest BCUT2D eigenvalue weighted by Crippen LogP contribution is 2.29. The molecule has 0 saturated carbocycles. The van der Waals surface area contributed by atoms with Gasteiger partial charge in [0.25, 0.3) is 5.91 Å². The van der Waals surface area contributed by atoms with Crippen LogP contribution in [0, 0.1) is 6.92 Å². The van der Waals surface area contributed by atoms with E-state index in [4.69, 9.17) is 0 Å². The Morgan fingerprint density at radius 1 is 1.21 bits per heavy atom. The molecule has 3 rings (SSSR count). The second-order valence-electron chi connectivity index (χ2n) is 5.71. The average Bonchev–Trinajstić information content (AvgIpc) is 2.89. The number of carbonyl (C=O) groups is 1. The smallest absolute Gasteiger partial charge is 0.255 e. The van der Waals surface area contributed by atoms with Crippen LogP contribution in [0.2, 0.25) is 0 Å². The zero-order chi connectivity index (χ0) is 17.3. The number of amides is 1. The van der Waals surface area contributed by atoms with Crippen molar-refractivity contribution >= 4 is 43.2 Å². The highest BCUT2D eigenvalue weighted by atomic mass is 79.9. The summed E-state index contributed by atoms with van der Waals surface area (Å²) in [6.07, 6.45) is 0.621. The Balaban J connectivity index is 1.88. The molecular weight excluding hydrogens is 392 g/mol. The third-order valence-corrected chi connectivity index (χ3v) is 6.31. The van der Waals surface area contributed by atoms with Crippen LogP contribution < -0.4 is 9.62 Å². The van der Waals surface area contributed by atoms with Crippen molar-refractivity contribution in [3.8, 4) is 0 Å². The first kappa shape index (κ1) is 17.0. The molecule has 1 heterocycles. The maximum Gasteiger partial charge on any atom is 0.255 e. The zero-order valence-electron chi connectivity index (χ0n) is 13.1. The first-order valence-corrected chi connectivity index (χ1v) is 9.95. The zero-order valence-corrected chi connectivity index (χ0v) is 15.5. The summed E-state index contributed by atoms with van der Waals surface area (Å²) < 4.78 is 26.4. The van der Waals surface area contributed by atoms with Crippen molar-refractivity contribution in [2.24, 2.45) is 0 Å². The summed E-state index contributed by atoms with van der Waals surface area (Å²) in [6, 6.07) is 12.4. The van der Waals surface area contributed by atoms with Gasteiger partial charge in [-0.15, -0.1) is 0 Å². The van der Waals surface area contributed by atoms with Crippen molar-refractivity contribution in [2.45, 2.75) is 13.3 Å². The van der Waals surface area contributed by atoms with E-state index in [-0.39, 0.29) is 11.7 Å². The highest BCUT2D eigenvalue weighted by molar-refractivity contribution is 9.10. The SMILES string of the molecule is Cc1ccc(N2CCCS2(=O)=O)cc1NC(=O)c1cccc(Br)c1. The first-order chi connectivity index (χ1) is 11.4. The maximum atomic E-state index is 12.4. The normalized spacial score (nSPS) is 16.2. The topological polar surface area (TPSA) is 66.5 Å². The van der Waals surface area contributed by atoms with Crippen LogP contribution in [0.4, 0.5) is 11.4 Å². The summed E-state index contributed by atoms with van der Waals surface area (Å²) in [5.41, 5.74) is 2.60. The van der Waals surface area contributed by atoms with Crippen LogP contribution in [-0.2, 0) is 10.0 Å². The summed E-state index contributed by atoms with van der Waals surface area (Å²) in [4.78, 5) is 12.4. The van der Waals surface area contributed by atoms with Crippen molar-refractivity contribution in [1.29, 1.82) is 0 Å². The van der Waals surface area contributed by atoms with E-state index in [0.717, 1.165) is 10.0 Å². The number of anilines is 2. The molecule has 2 aromatic rings. The van der Waals surface area contributed by atoms with Crippen molar-refractivity contribution < 1.29 is 13.2 Å². The number of hydrogen-bond donors (Lipinski definition) is 1. The Morgan fingerprint density at radius 2 is 2.00 bits per heavy atom. The lowest BCUT2D eigenvalue weighted by atomic mass is 10.1. The molecule has 24 heavy (non-hydrogen) atoms. The molecular formula is C17H17BrN2O3S. The predicted molar refractivity (Wildman–Crippen MR) is 99.0 cm³/mol. The molecule has 0 bridgehead atoms. The van der Waals surface area contributed by atoms with Crippen LogP contribution in [0.15, 0.2) is 46.9 Å². The summed E-state index contributed by atoms with van der Waals surface area (Å²) in [5.74, 6) is -0.0681. The van der Waals surface area contributed by atoms with Gasteiger partial charge in [-0.25, -0.2) is 8.42 Å². The molecule has 7 heteroatoms. The number of hydrogen-bond acceptors (Lipinski definition) is 3. The van der Waals surface area contributed by atoms with Crippen LogP contribution in [0.3, 0.4) is 0 Å². The molecule has 126 valence electrons. The fraction of sp³-hybridized carbons (Fsp3) is 0.235. The van der Waals surface area contributed by atoms with E-state index in [9.17, 15) is 13.2 Å². The van der Waals surface area contributed by atoms with E-state index >= 15 is 0 Å². The maximum absolute atomic E-state index is 12.4. The fourth-order valence-electron chi connectivity index (χ4n) is 2.65. The van der Waals surface area contributed by atoms with E-state index < -0.39 is 10.0 Å².